The van der Waals surface area contributed by atoms with Gasteiger partial charge in [-0.25, -0.2) is 0 Å². The highest BCUT2D eigenvalue weighted by Gasteiger charge is 2.17. The van der Waals surface area contributed by atoms with Gasteiger partial charge in [0, 0.05) is 10.6 Å². The molecule has 88 valence electrons. The van der Waals surface area contributed by atoms with E-state index in [1.165, 1.54) is 12.1 Å². The van der Waals surface area contributed by atoms with Crippen molar-refractivity contribution in [2.45, 2.75) is 20.0 Å². The van der Waals surface area contributed by atoms with Gasteiger partial charge >= 0.3 is 12.6 Å². The largest absolute Gasteiger partial charge is 0.481 e. The predicted octanol–water partition coefficient (Wildman–Crippen LogP) is 2.88. The number of carboxylic acid groups (broad SMARTS) is 1. The molecule has 16 heavy (non-hydrogen) atoms. The topological polar surface area (TPSA) is 46.5 Å². The Morgan fingerprint density at radius 2 is 2.19 bits per heavy atom. The van der Waals surface area contributed by atoms with Gasteiger partial charge in [0.2, 0.25) is 0 Å². The van der Waals surface area contributed by atoms with E-state index in [0.717, 1.165) is 0 Å². The number of hydrogen-bond acceptors (Lipinski definition) is 2. The molecule has 0 radical (unpaired) electrons. The molecule has 0 saturated carbocycles. The van der Waals surface area contributed by atoms with E-state index in [1.54, 1.807) is 6.92 Å². The fourth-order valence-electron chi connectivity index (χ4n) is 1.29. The van der Waals surface area contributed by atoms with E-state index < -0.39 is 19.0 Å². The maximum absolute atomic E-state index is 12.1. The lowest BCUT2D eigenvalue weighted by Crippen LogP contribution is -2.09. The number of aliphatic carboxylic acids is 1. The van der Waals surface area contributed by atoms with Crippen molar-refractivity contribution < 1.29 is 23.4 Å². The Labute approximate surface area is 95.6 Å². The maximum Gasteiger partial charge on any atom is 0.387 e. The normalized spacial score (nSPS) is 10.6. The highest BCUT2D eigenvalue weighted by Crippen LogP contribution is 2.31. The number of hydrogen-bond donors (Lipinski definition) is 1. The molecule has 0 heterocycles. The summed E-state index contributed by atoms with van der Waals surface area (Å²) in [7, 11) is 0. The van der Waals surface area contributed by atoms with Crippen LogP contribution in [0.4, 0.5) is 8.78 Å². The highest BCUT2D eigenvalue weighted by atomic mass is 35.5. The first-order valence-electron chi connectivity index (χ1n) is 4.36. The molecule has 0 aliphatic carbocycles. The summed E-state index contributed by atoms with van der Waals surface area (Å²) in [5.41, 5.74) is 0.482. The lowest BCUT2D eigenvalue weighted by molar-refractivity contribution is -0.136. The average Bonchev–Trinajstić information content (AvgIpc) is 2.16. The Bertz CT molecular complexity index is 407. The fraction of sp³-hybridized carbons (Fsp3) is 0.300. The zero-order valence-corrected chi connectivity index (χ0v) is 9.09. The summed E-state index contributed by atoms with van der Waals surface area (Å²) in [4.78, 5) is 10.6. The van der Waals surface area contributed by atoms with Gasteiger partial charge in [0.1, 0.15) is 5.75 Å². The van der Waals surface area contributed by atoms with Crippen molar-refractivity contribution in [2.24, 2.45) is 0 Å². The van der Waals surface area contributed by atoms with Gasteiger partial charge in [0.15, 0.2) is 0 Å². The average molecular weight is 251 g/mol. The Balaban J connectivity index is 3.19. The summed E-state index contributed by atoms with van der Waals surface area (Å²) < 4.78 is 28.6. The molecular weight excluding hydrogens is 242 g/mol. The van der Waals surface area contributed by atoms with Crippen molar-refractivity contribution >= 4 is 17.6 Å². The number of alkyl halides is 2. The molecule has 1 aromatic carbocycles. The second-order valence-corrected chi connectivity index (χ2v) is 3.53. The fourth-order valence-corrected chi connectivity index (χ4v) is 1.51. The van der Waals surface area contributed by atoms with Crippen molar-refractivity contribution in [3.63, 3.8) is 0 Å². The summed E-state index contributed by atoms with van der Waals surface area (Å²) in [5.74, 6) is -1.32. The minimum atomic E-state index is -3.01. The SMILES string of the molecule is Cc1ccc(Cl)c(CC(=O)O)c1OC(F)F. The Morgan fingerprint density at radius 3 is 2.69 bits per heavy atom. The van der Waals surface area contributed by atoms with E-state index in [2.05, 4.69) is 4.74 Å². The van der Waals surface area contributed by atoms with E-state index in [9.17, 15) is 13.6 Å². The molecule has 0 aliphatic heterocycles. The number of rotatable bonds is 4. The summed E-state index contributed by atoms with van der Waals surface area (Å²) in [6.07, 6.45) is -0.456. The molecule has 1 aromatic rings. The van der Waals surface area contributed by atoms with Crippen LogP contribution in [-0.4, -0.2) is 17.7 Å². The molecule has 6 heteroatoms. The van der Waals surface area contributed by atoms with Crippen LogP contribution in [0.25, 0.3) is 0 Å². The second kappa shape index (κ2) is 5.12. The van der Waals surface area contributed by atoms with Gasteiger partial charge in [-0.1, -0.05) is 17.7 Å². The highest BCUT2D eigenvalue weighted by molar-refractivity contribution is 6.31. The Morgan fingerprint density at radius 1 is 1.56 bits per heavy atom. The van der Waals surface area contributed by atoms with Crippen LogP contribution in [0, 0.1) is 6.92 Å². The van der Waals surface area contributed by atoms with E-state index in [0.29, 0.717) is 5.56 Å². The van der Waals surface area contributed by atoms with E-state index in [1.807, 2.05) is 0 Å². The second-order valence-electron chi connectivity index (χ2n) is 3.12. The minimum absolute atomic E-state index is 0.0643. The number of aryl methyl sites for hydroxylation is 1. The van der Waals surface area contributed by atoms with Gasteiger partial charge in [-0.2, -0.15) is 8.78 Å². The molecule has 1 rings (SSSR count). The molecule has 1 N–H and O–H groups in total. The zero-order chi connectivity index (χ0) is 12.3. The van der Waals surface area contributed by atoms with Gasteiger partial charge in [-0.15, -0.1) is 0 Å². The van der Waals surface area contributed by atoms with Crippen LogP contribution in [0.15, 0.2) is 12.1 Å². The summed E-state index contributed by atoms with van der Waals surface area (Å²) in [6.45, 7) is -1.47. The lowest BCUT2D eigenvalue weighted by Gasteiger charge is -2.13. The third-order valence-electron chi connectivity index (χ3n) is 1.94. The first kappa shape index (κ1) is 12.7. The summed E-state index contributed by atoms with van der Waals surface area (Å²) in [6, 6.07) is 2.94. The van der Waals surface area contributed by atoms with Gasteiger partial charge in [0.25, 0.3) is 0 Å². The number of ether oxygens (including phenoxy) is 1. The van der Waals surface area contributed by atoms with E-state index >= 15 is 0 Å². The van der Waals surface area contributed by atoms with Crippen molar-refractivity contribution in [3.05, 3.63) is 28.3 Å². The van der Waals surface area contributed by atoms with Gasteiger partial charge < -0.3 is 9.84 Å². The van der Waals surface area contributed by atoms with Gasteiger partial charge in [-0.05, 0) is 18.6 Å². The van der Waals surface area contributed by atoms with Crippen molar-refractivity contribution in [2.75, 3.05) is 0 Å². The van der Waals surface area contributed by atoms with Crippen LogP contribution in [0.2, 0.25) is 5.02 Å². The molecule has 0 unspecified atom stereocenters. The number of halogens is 3. The van der Waals surface area contributed by atoms with E-state index in [4.69, 9.17) is 16.7 Å². The lowest BCUT2D eigenvalue weighted by atomic mass is 10.1. The first-order valence-corrected chi connectivity index (χ1v) is 4.74. The first-order chi connectivity index (χ1) is 7.41. The molecule has 0 saturated heterocycles. The Kier molecular flexibility index (Phi) is 4.06. The van der Waals surface area contributed by atoms with Crippen LogP contribution >= 0.6 is 11.6 Å². The zero-order valence-electron chi connectivity index (χ0n) is 8.34. The molecule has 0 spiro atoms. The third kappa shape index (κ3) is 3.06. The quantitative estimate of drug-likeness (QED) is 0.894. The Hall–Kier alpha value is -1.36. The summed E-state index contributed by atoms with van der Waals surface area (Å²) in [5, 5.41) is 8.74. The monoisotopic (exact) mass is 250 g/mol. The minimum Gasteiger partial charge on any atom is -0.481 e. The van der Waals surface area contributed by atoms with E-state index in [-0.39, 0.29) is 16.3 Å². The smallest absolute Gasteiger partial charge is 0.387 e. The third-order valence-corrected chi connectivity index (χ3v) is 2.29. The molecule has 0 amide bonds. The van der Waals surface area contributed by atoms with Crippen LogP contribution in [-0.2, 0) is 11.2 Å². The van der Waals surface area contributed by atoms with Crippen molar-refractivity contribution in [1.82, 2.24) is 0 Å². The predicted molar refractivity (Wildman–Crippen MR) is 54.2 cm³/mol. The molecule has 3 nitrogen and oxygen atoms in total. The molecule has 0 fully saturated rings. The van der Waals surface area contributed by atoms with Crippen LogP contribution in [0.3, 0.4) is 0 Å². The van der Waals surface area contributed by atoms with Gasteiger partial charge in [-0.3, -0.25) is 4.79 Å². The van der Waals surface area contributed by atoms with Crippen molar-refractivity contribution in [3.8, 4) is 5.75 Å². The van der Waals surface area contributed by atoms with Crippen LogP contribution < -0.4 is 4.74 Å². The molecule has 0 atom stereocenters. The molecule has 0 aromatic heterocycles. The van der Waals surface area contributed by atoms with Crippen LogP contribution in [0.1, 0.15) is 11.1 Å². The molecule has 0 aliphatic rings. The van der Waals surface area contributed by atoms with Gasteiger partial charge in [0.05, 0.1) is 6.42 Å². The number of carbonyl (C=O) groups is 1. The number of carboxylic acids is 1. The van der Waals surface area contributed by atoms with Crippen molar-refractivity contribution in [1.29, 1.82) is 0 Å². The summed E-state index contributed by atoms with van der Waals surface area (Å²) >= 11 is 5.74. The van der Waals surface area contributed by atoms with Crippen LogP contribution in [0.5, 0.6) is 5.75 Å². The molecular formula is C10H9ClF2O3. The number of benzene rings is 1. The maximum atomic E-state index is 12.1. The standard InChI is InChI=1S/C10H9ClF2O3/c1-5-2-3-7(11)6(4-8(14)15)9(5)16-10(12)13/h2-3,10H,4H2,1H3,(H,14,15). The molecule has 0 bridgehead atoms.